The first kappa shape index (κ1) is 32.1. The normalized spacial score (nSPS) is 23.2. The second kappa shape index (κ2) is 13.0. The average Bonchev–Trinajstić information content (AvgIpc) is 3.51. The number of nitrogen functional groups attached to an aromatic ring is 1. The molecule has 0 spiro atoms. The van der Waals surface area contributed by atoms with Crippen molar-refractivity contribution in [2.75, 3.05) is 19.5 Å². The largest absolute Gasteiger partial charge is 0.468 e. The number of hydrogen-bond donors (Lipinski definition) is 3. The molecule has 3 heterocycles. The van der Waals surface area contributed by atoms with Crippen LogP contribution in [0.5, 0.6) is 5.75 Å². The molecule has 0 saturated carbocycles. The van der Waals surface area contributed by atoms with Gasteiger partial charge in [-0.1, -0.05) is 53.9 Å². The van der Waals surface area contributed by atoms with E-state index in [1.54, 1.807) is 48.5 Å². The van der Waals surface area contributed by atoms with Gasteiger partial charge in [-0.15, -0.1) is 6.42 Å². The maximum atomic E-state index is 16.2. The number of ether oxygens (including phenoxy) is 2. The van der Waals surface area contributed by atoms with Crippen LogP contribution >= 0.6 is 7.75 Å². The number of carbonyl (C=O) groups is 1. The molecule has 0 amide bonds. The summed E-state index contributed by atoms with van der Waals surface area (Å²) in [5, 5.41) is 14.1. The number of esters is 1. The number of halogens is 1. The Hall–Kier alpha value is -4.31. The highest BCUT2D eigenvalue weighted by Gasteiger charge is 2.56. The van der Waals surface area contributed by atoms with Gasteiger partial charge in [0, 0.05) is 7.62 Å². The predicted octanol–water partition coefficient (Wildman–Crippen LogP) is 4.11. The van der Waals surface area contributed by atoms with Crippen molar-refractivity contribution in [3.8, 4) is 18.1 Å². The number of rotatable bonds is 11. The Kier molecular flexibility index (Phi) is 9.25. The van der Waals surface area contributed by atoms with E-state index < -0.39 is 50.5 Å². The van der Waals surface area contributed by atoms with Gasteiger partial charge >= 0.3 is 13.7 Å². The number of terminal acetylenes is 1. The Bertz CT molecular complexity index is 1770. The summed E-state index contributed by atoms with van der Waals surface area (Å²) in [5.74, 6) is 2.04. The van der Waals surface area contributed by atoms with Crippen LogP contribution in [0, 0.1) is 19.3 Å². The third-order valence-corrected chi connectivity index (χ3v) is 9.07. The minimum atomic E-state index is -4.41. The fourth-order valence-corrected chi connectivity index (χ4v) is 6.61. The SMILES string of the molecule is C#Cc1cn([C@@H]2O[C@H](COP(=O)(NC(Cc3ccccc3)C(=O)OC)Oc3ccc(C)cc3)[C@@H](O)[C@@]2(C)F)c2ncnc(N)c12.[HH]. The molecule has 2 unspecified atom stereocenters. The number of carbonyl (C=O) groups excluding carboxylic acids is 1. The van der Waals surface area contributed by atoms with Gasteiger partial charge in [0.05, 0.1) is 24.7 Å². The summed E-state index contributed by atoms with van der Waals surface area (Å²) in [7, 11) is -3.21. The lowest BCUT2D eigenvalue weighted by Gasteiger charge is -2.26. The first-order valence-corrected chi connectivity index (χ1v) is 15.5. The van der Waals surface area contributed by atoms with E-state index in [-0.39, 0.29) is 25.1 Å². The molecule has 5 rings (SSSR count). The Balaban J connectivity index is 0.00000480. The molecule has 1 fully saturated rings. The lowest BCUT2D eigenvalue weighted by molar-refractivity contribution is -0.142. The molecule has 4 N–H and O–H groups in total. The molecule has 1 aliphatic rings. The minimum absolute atomic E-state index is 0. The number of aliphatic hydroxyl groups excluding tert-OH is 1. The highest BCUT2D eigenvalue weighted by molar-refractivity contribution is 7.52. The van der Waals surface area contributed by atoms with Crippen LogP contribution in [-0.2, 0) is 29.8 Å². The van der Waals surface area contributed by atoms with Crippen molar-refractivity contribution >= 4 is 30.6 Å². The van der Waals surface area contributed by atoms with Crippen LogP contribution in [0.25, 0.3) is 11.0 Å². The van der Waals surface area contributed by atoms with E-state index >= 15 is 4.39 Å². The molecule has 1 saturated heterocycles. The topological polar surface area (TPSA) is 160 Å². The molecule has 0 aliphatic carbocycles. The fourth-order valence-electron chi connectivity index (χ4n) is 5.11. The Labute approximate surface area is 260 Å². The van der Waals surface area contributed by atoms with Crippen LogP contribution < -0.4 is 15.3 Å². The molecule has 2 aromatic carbocycles. The van der Waals surface area contributed by atoms with Gasteiger partial charge in [0.25, 0.3) is 0 Å². The van der Waals surface area contributed by atoms with Crippen molar-refractivity contribution in [3.05, 3.63) is 83.8 Å². The molecule has 12 nitrogen and oxygen atoms in total. The van der Waals surface area contributed by atoms with Crippen molar-refractivity contribution in [3.63, 3.8) is 0 Å². The molecule has 2 aromatic heterocycles. The average molecular weight is 640 g/mol. The van der Waals surface area contributed by atoms with E-state index in [1.807, 2.05) is 13.0 Å². The smallest absolute Gasteiger partial charge is 0.459 e. The standard InChI is InChI=1S/C31H33FN5O7P.H2/c1-5-21-16-37(28-25(21)27(33)34-18-35-28)30-31(3,32)26(38)24(43-30)17-42-45(40,44-22-13-11-19(2)12-14-22)36-23(29(39)41-4)15-20-9-7-6-8-10-20;/h1,6-14,16,18,23-24,26,30,38H,15,17H2,2-4H3,(H,36,40)(H2,33,34,35);1H/t23?,24-,26-,30-,31-,45?;/m1./s1. The summed E-state index contributed by atoms with van der Waals surface area (Å²) in [4.78, 5) is 20.9. The Morgan fingerprint density at radius 2 is 2.00 bits per heavy atom. The van der Waals surface area contributed by atoms with Crippen LogP contribution in [0.15, 0.2) is 67.1 Å². The number of hydrogen-bond acceptors (Lipinski definition) is 10. The number of nitrogens with one attached hydrogen (secondary N) is 1. The molecule has 238 valence electrons. The van der Waals surface area contributed by atoms with Crippen LogP contribution in [0.2, 0.25) is 0 Å². The second-order valence-corrected chi connectivity index (χ2v) is 12.5. The van der Waals surface area contributed by atoms with E-state index in [0.717, 1.165) is 18.1 Å². The number of methoxy groups -OCH3 is 1. The van der Waals surface area contributed by atoms with Crippen molar-refractivity contribution in [1.29, 1.82) is 0 Å². The van der Waals surface area contributed by atoms with Crippen LogP contribution in [-0.4, -0.2) is 63.2 Å². The van der Waals surface area contributed by atoms with Gasteiger partial charge in [0.1, 0.15) is 41.8 Å². The number of benzene rings is 2. The lowest BCUT2D eigenvalue weighted by atomic mass is 9.98. The van der Waals surface area contributed by atoms with Gasteiger partial charge in [-0.05, 0) is 38.0 Å². The lowest BCUT2D eigenvalue weighted by Crippen LogP contribution is -2.42. The molecule has 6 atom stereocenters. The van der Waals surface area contributed by atoms with Crippen LogP contribution in [0.1, 0.15) is 31.3 Å². The van der Waals surface area contributed by atoms with Crippen molar-refractivity contribution in [1.82, 2.24) is 19.6 Å². The maximum absolute atomic E-state index is 16.2. The van der Waals surface area contributed by atoms with Crippen molar-refractivity contribution in [2.45, 2.75) is 50.4 Å². The molecule has 0 radical (unpaired) electrons. The molecule has 4 aromatic rings. The van der Waals surface area contributed by atoms with Crippen LogP contribution in [0.3, 0.4) is 0 Å². The van der Waals surface area contributed by atoms with Gasteiger partial charge in [0.2, 0.25) is 0 Å². The summed E-state index contributed by atoms with van der Waals surface area (Å²) in [5.41, 5.74) is 5.81. The Morgan fingerprint density at radius 1 is 1.29 bits per heavy atom. The molecule has 1 aliphatic heterocycles. The third-order valence-electron chi connectivity index (χ3n) is 7.50. The van der Waals surface area contributed by atoms with Crippen molar-refractivity contribution < 1.29 is 38.8 Å². The maximum Gasteiger partial charge on any atom is 0.459 e. The predicted molar refractivity (Wildman–Crippen MR) is 166 cm³/mol. The zero-order valence-electron chi connectivity index (χ0n) is 24.8. The summed E-state index contributed by atoms with van der Waals surface area (Å²) in [6, 6.07) is 14.5. The molecular formula is C31H35FN5O7P. The number of nitrogens with two attached hydrogens (primary N) is 1. The number of aryl methyl sites for hydroxylation is 1. The number of aliphatic hydroxyl groups is 1. The number of nitrogens with zero attached hydrogens (tertiary/aromatic N) is 3. The summed E-state index contributed by atoms with van der Waals surface area (Å²) >= 11 is 0. The molecule has 14 heteroatoms. The summed E-state index contributed by atoms with van der Waals surface area (Å²) in [6.07, 6.45) is 3.86. The highest BCUT2D eigenvalue weighted by Crippen LogP contribution is 2.48. The first-order valence-electron chi connectivity index (χ1n) is 14.0. The van der Waals surface area contributed by atoms with E-state index in [0.29, 0.717) is 10.9 Å². The van der Waals surface area contributed by atoms with Gasteiger partial charge in [0.15, 0.2) is 11.9 Å². The van der Waals surface area contributed by atoms with Gasteiger partial charge in [-0.3, -0.25) is 9.32 Å². The number of anilines is 1. The summed E-state index contributed by atoms with van der Waals surface area (Å²) in [6.45, 7) is 2.43. The Morgan fingerprint density at radius 3 is 2.67 bits per heavy atom. The van der Waals surface area contributed by atoms with E-state index in [1.165, 1.54) is 24.2 Å². The number of aromatic nitrogens is 3. The first-order chi connectivity index (χ1) is 21.5. The van der Waals surface area contributed by atoms with E-state index in [9.17, 15) is 14.5 Å². The van der Waals surface area contributed by atoms with Gasteiger partial charge in [-0.25, -0.2) is 18.9 Å². The third kappa shape index (κ3) is 6.71. The number of fused-ring (bicyclic) bond motifs is 1. The summed E-state index contributed by atoms with van der Waals surface area (Å²) < 4.78 is 54.3. The fraction of sp³-hybridized carbons (Fsp3) is 0.323. The molecular weight excluding hydrogens is 604 g/mol. The highest BCUT2D eigenvalue weighted by atomic mass is 31.2. The molecule has 45 heavy (non-hydrogen) atoms. The quantitative estimate of drug-likeness (QED) is 0.123. The minimum Gasteiger partial charge on any atom is -0.468 e. The van der Waals surface area contributed by atoms with Crippen molar-refractivity contribution in [2.24, 2.45) is 0 Å². The number of alkyl halides is 1. The van der Waals surface area contributed by atoms with Gasteiger partial charge in [-0.2, -0.15) is 5.09 Å². The second-order valence-electron chi connectivity index (χ2n) is 10.8. The van der Waals surface area contributed by atoms with E-state index in [4.69, 9.17) is 30.7 Å². The zero-order chi connectivity index (χ0) is 32.4. The van der Waals surface area contributed by atoms with Gasteiger partial charge < -0.3 is 29.4 Å². The molecule has 0 bridgehead atoms. The van der Waals surface area contributed by atoms with Crippen LogP contribution in [0.4, 0.5) is 10.2 Å². The monoisotopic (exact) mass is 639 g/mol. The zero-order valence-corrected chi connectivity index (χ0v) is 25.7. The van der Waals surface area contributed by atoms with E-state index in [2.05, 4.69) is 21.0 Å².